The number of carbonyl (C=O) groups is 1. The van der Waals surface area contributed by atoms with Crippen LogP contribution in [0, 0.1) is 0 Å². The van der Waals surface area contributed by atoms with Crippen LogP contribution in [-0.2, 0) is 16.0 Å². The fraction of sp³-hybridized carbons (Fsp3) is 0.462. The highest BCUT2D eigenvalue weighted by molar-refractivity contribution is 9.09. The van der Waals surface area contributed by atoms with E-state index in [2.05, 4.69) is 26.0 Å². The molecule has 0 unspecified atom stereocenters. The molecule has 0 spiro atoms. The first-order valence-electron chi connectivity index (χ1n) is 5.81. The molecule has 0 saturated carbocycles. The standard InChI is InChI=1S/C9H10BrCl2N.C4H8O2/c1-13-9-7(11)4-6(2-3-10)5-8(9)12;1-3-6-4(2)5/h4-5,13H,2-3H2,1H3;3H2,1-2H3. The number of aryl methyl sites for hydroxylation is 1. The number of esters is 1. The smallest absolute Gasteiger partial charge is 0.302 e. The molecular formula is C13H18BrCl2NO2. The summed E-state index contributed by atoms with van der Waals surface area (Å²) in [5.41, 5.74) is 1.94. The lowest BCUT2D eigenvalue weighted by Crippen LogP contribution is -1.95. The summed E-state index contributed by atoms with van der Waals surface area (Å²) in [4.78, 5) is 9.82. The first kappa shape index (κ1) is 18.6. The number of benzene rings is 1. The van der Waals surface area contributed by atoms with E-state index < -0.39 is 0 Å². The van der Waals surface area contributed by atoms with Gasteiger partial charge in [-0.2, -0.15) is 0 Å². The molecule has 0 aliphatic rings. The van der Waals surface area contributed by atoms with E-state index in [9.17, 15) is 4.79 Å². The predicted octanol–water partition coefficient (Wildman–Crippen LogP) is 4.54. The first-order valence-corrected chi connectivity index (χ1v) is 7.68. The highest BCUT2D eigenvalue weighted by atomic mass is 79.9. The fourth-order valence-electron chi connectivity index (χ4n) is 1.32. The minimum atomic E-state index is -0.211. The summed E-state index contributed by atoms with van der Waals surface area (Å²) in [7, 11) is 1.80. The van der Waals surface area contributed by atoms with Gasteiger partial charge in [-0.15, -0.1) is 0 Å². The van der Waals surface area contributed by atoms with Crippen molar-refractivity contribution in [1.29, 1.82) is 0 Å². The van der Waals surface area contributed by atoms with Crippen LogP contribution in [0.5, 0.6) is 0 Å². The Balaban J connectivity index is 0.000000459. The molecule has 1 rings (SSSR count). The van der Waals surface area contributed by atoms with Crippen LogP contribution < -0.4 is 5.32 Å². The Bertz CT molecular complexity index is 391. The van der Waals surface area contributed by atoms with Crippen molar-refractivity contribution < 1.29 is 9.53 Å². The molecule has 1 aromatic carbocycles. The van der Waals surface area contributed by atoms with E-state index in [1.165, 1.54) is 6.92 Å². The highest BCUT2D eigenvalue weighted by Gasteiger charge is 2.05. The number of anilines is 1. The first-order chi connectivity index (χ1) is 8.96. The molecule has 19 heavy (non-hydrogen) atoms. The summed E-state index contributed by atoms with van der Waals surface area (Å²) in [5, 5.41) is 5.22. The number of ether oxygens (including phenoxy) is 1. The van der Waals surface area contributed by atoms with E-state index in [0.717, 1.165) is 23.0 Å². The van der Waals surface area contributed by atoms with Gasteiger partial charge in [0.05, 0.1) is 22.3 Å². The number of nitrogens with one attached hydrogen (secondary N) is 1. The van der Waals surface area contributed by atoms with E-state index >= 15 is 0 Å². The van der Waals surface area contributed by atoms with Crippen molar-refractivity contribution in [1.82, 2.24) is 0 Å². The Hall–Kier alpha value is -0.450. The minimum Gasteiger partial charge on any atom is -0.466 e. The number of hydrogen-bond acceptors (Lipinski definition) is 3. The molecule has 0 aliphatic heterocycles. The summed E-state index contributed by atoms with van der Waals surface area (Å²) >= 11 is 15.4. The van der Waals surface area contributed by atoms with Crippen molar-refractivity contribution in [3.63, 3.8) is 0 Å². The zero-order chi connectivity index (χ0) is 14.8. The molecule has 108 valence electrons. The van der Waals surface area contributed by atoms with Crippen LogP contribution in [0.25, 0.3) is 0 Å². The SMILES string of the molecule is CCOC(C)=O.CNc1c(Cl)cc(CCBr)cc1Cl. The monoisotopic (exact) mass is 369 g/mol. The number of hydrogen-bond donors (Lipinski definition) is 1. The molecule has 0 heterocycles. The van der Waals surface area contributed by atoms with Gasteiger partial charge >= 0.3 is 5.97 Å². The van der Waals surface area contributed by atoms with Gasteiger partial charge in [-0.25, -0.2) is 0 Å². The maximum Gasteiger partial charge on any atom is 0.302 e. The summed E-state index contributed by atoms with van der Waals surface area (Å²) in [5.74, 6) is -0.211. The average Bonchev–Trinajstić information content (AvgIpc) is 2.29. The largest absolute Gasteiger partial charge is 0.466 e. The van der Waals surface area contributed by atoms with Crippen LogP contribution in [0.1, 0.15) is 19.4 Å². The lowest BCUT2D eigenvalue weighted by atomic mass is 10.1. The molecule has 0 saturated heterocycles. The van der Waals surface area contributed by atoms with Crippen molar-refractivity contribution in [2.45, 2.75) is 20.3 Å². The Morgan fingerprint density at radius 1 is 1.37 bits per heavy atom. The van der Waals surface area contributed by atoms with Gasteiger partial charge in [0.25, 0.3) is 0 Å². The van der Waals surface area contributed by atoms with Gasteiger partial charge in [0.1, 0.15) is 0 Å². The predicted molar refractivity (Wildman–Crippen MR) is 85.8 cm³/mol. The Labute approximate surface area is 132 Å². The fourth-order valence-corrected chi connectivity index (χ4v) is 2.50. The van der Waals surface area contributed by atoms with Crippen LogP contribution >= 0.6 is 39.1 Å². The maximum atomic E-state index is 9.82. The van der Waals surface area contributed by atoms with Crippen LogP contribution in [0.4, 0.5) is 5.69 Å². The van der Waals surface area contributed by atoms with Crippen molar-refractivity contribution in [3.8, 4) is 0 Å². The number of rotatable bonds is 4. The minimum absolute atomic E-state index is 0.211. The van der Waals surface area contributed by atoms with Crippen molar-refractivity contribution in [3.05, 3.63) is 27.7 Å². The second-order valence-corrected chi connectivity index (χ2v) is 5.16. The van der Waals surface area contributed by atoms with Gasteiger partial charge in [-0.1, -0.05) is 39.1 Å². The lowest BCUT2D eigenvalue weighted by molar-refractivity contribution is -0.140. The molecule has 0 radical (unpaired) electrons. The number of carbonyl (C=O) groups excluding carboxylic acids is 1. The zero-order valence-electron chi connectivity index (χ0n) is 11.2. The lowest BCUT2D eigenvalue weighted by Gasteiger charge is -2.08. The molecule has 1 N–H and O–H groups in total. The summed E-state index contributed by atoms with van der Waals surface area (Å²) < 4.78 is 4.40. The second-order valence-electron chi connectivity index (χ2n) is 3.55. The molecule has 0 aromatic heterocycles. The molecule has 0 atom stereocenters. The van der Waals surface area contributed by atoms with Crippen LogP contribution in [0.15, 0.2) is 12.1 Å². The van der Waals surface area contributed by atoms with Crippen molar-refractivity contribution in [2.24, 2.45) is 0 Å². The molecule has 6 heteroatoms. The Morgan fingerprint density at radius 3 is 2.16 bits per heavy atom. The third kappa shape index (κ3) is 7.65. The van der Waals surface area contributed by atoms with E-state index in [1.54, 1.807) is 14.0 Å². The van der Waals surface area contributed by atoms with Crippen molar-refractivity contribution in [2.75, 3.05) is 24.3 Å². The highest BCUT2D eigenvalue weighted by Crippen LogP contribution is 2.31. The number of halogens is 3. The molecule has 3 nitrogen and oxygen atoms in total. The zero-order valence-corrected chi connectivity index (χ0v) is 14.3. The summed E-state index contributed by atoms with van der Waals surface area (Å²) in [6, 6.07) is 3.86. The van der Waals surface area contributed by atoms with E-state index in [-0.39, 0.29) is 5.97 Å². The van der Waals surface area contributed by atoms with E-state index in [1.807, 2.05) is 12.1 Å². The third-order valence-corrected chi connectivity index (χ3v) is 3.08. The molecule has 0 fully saturated rings. The third-order valence-electron chi connectivity index (χ3n) is 2.08. The Morgan fingerprint density at radius 2 is 1.89 bits per heavy atom. The van der Waals surface area contributed by atoms with Crippen molar-refractivity contribution >= 4 is 50.8 Å². The summed E-state index contributed by atoms with van der Waals surface area (Å²) in [6.45, 7) is 3.65. The normalized spacial score (nSPS) is 9.37. The quantitative estimate of drug-likeness (QED) is 0.624. The molecule has 0 aliphatic carbocycles. The van der Waals surface area contributed by atoms with Gasteiger partial charge in [-0.05, 0) is 31.0 Å². The van der Waals surface area contributed by atoms with Gasteiger partial charge in [0.2, 0.25) is 0 Å². The van der Waals surface area contributed by atoms with Gasteiger partial charge in [0, 0.05) is 19.3 Å². The van der Waals surface area contributed by atoms with Gasteiger partial charge in [0.15, 0.2) is 0 Å². The molecule has 1 aromatic rings. The Kier molecular flexibility index (Phi) is 10.1. The maximum absolute atomic E-state index is 9.82. The second kappa shape index (κ2) is 10.4. The molecular weight excluding hydrogens is 353 g/mol. The van der Waals surface area contributed by atoms with Gasteiger partial charge in [-0.3, -0.25) is 4.79 Å². The van der Waals surface area contributed by atoms with Crippen LogP contribution in [-0.4, -0.2) is 25.0 Å². The van der Waals surface area contributed by atoms with Crippen LogP contribution in [0.2, 0.25) is 10.0 Å². The number of alkyl halides is 1. The van der Waals surface area contributed by atoms with Gasteiger partial charge < -0.3 is 10.1 Å². The van der Waals surface area contributed by atoms with E-state index in [4.69, 9.17) is 23.2 Å². The van der Waals surface area contributed by atoms with E-state index in [0.29, 0.717) is 16.7 Å². The topological polar surface area (TPSA) is 38.3 Å². The summed E-state index contributed by atoms with van der Waals surface area (Å²) in [6.07, 6.45) is 0.934. The average molecular weight is 371 g/mol. The molecule has 0 amide bonds. The van der Waals surface area contributed by atoms with Crippen LogP contribution in [0.3, 0.4) is 0 Å². The molecule has 0 bridgehead atoms.